The summed E-state index contributed by atoms with van der Waals surface area (Å²) in [7, 11) is 0. The number of hydrogen-bond donors (Lipinski definition) is 2. The van der Waals surface area contributed by atoms with E-state index in [1.807, 2.05) is 0 Å². The molecular formula is C25H34F2N4O3S. The summed E-state index contributed by atoms with van der Waals surface area (Å²) in [5, 5.41) is 1.04. The molecule has 1 aliphatic carbocycles. The molecule has 0 bridgehead atoms. The number of nitrogens with two attached hydrogens (primary N) is 1. The molecular weight excluding hydrogens is 474 g/mol. The maximum atomic E-state index is 15.1. The molecule has 10 heteroatoms. The molecule has 3 N–H and O–H groups in total. The number of benzene rings is 1. The van der Waals surface area contributed by atoms with Crippen LogP contribution in [0.4, 0.5) is 18.4 Å². The number of rotatable bonds is 5. The van der Waals surface area contributed by atoms with Crippen LogP contribution in [0.2, 0.25) is 0 Å². The normalized spacial score (nSPS) is 19.6. The first-order valence-corrected chi connectivity index (χ1v) is 12.6. The van der Waals surface area contributed by atoms with Crippen molar-refractivity contribution < 1.29 is 23.1 Å². The lowest BCUT2D eigenvalue weighted by Crippen LogP contribution is -2.51. The predicted octanol–water partition coefficient (Wildman–Crippen LogP) is 5.74. The summed E-state index contributed by atoms with van der Waals surface area (Å²) in [6, 6.07) is 0.106. The second kappa shape index (κ2) is 11.4. The maximum absolute atomic E-state index is 15.1. The molecule has 0 radical (unpaired) electrons. The molecule has 1 aromatic carbocycles. The predicted molar refractivity (Wildman–Crippen MR) is 133 cm³/mol. The van der Waals surface area contributed by atoms with Crippen molar-refractivity contribution in [2.45, 2.75) is 76.8 Å². The first-order valence-electron chi connectivity index (χ1n) is 11.8. The molecule has 0 aromatic heterocycles. The average molecular weight is 509 g/mol. The molecule has 0 spiro atoms. The number of hydrogen-bond acceptors (Lipinski definition) is 5. The summed E-state index contributed by atoms with van der Waals surface area (Å²) in [6.07, 6.45) is 9.79. The number of carbonyl (C=O) groups is 2. The molecule has 1 aromatic rings. The zero-order chi connectivity index (χ0) is 25.8. The summed E-state index contributed by atoms with van der Waals surface area (Å²) in [5.74, 6) is -1.28. The Balaban J connectivity index is 1.72. The molecule has 192 valence electrons. The van der Waals surface area contributed by atoms with Gasteiger partial charge in [0, 0.05) is 29.5 Å². The Morgan fingerprint density at radius 1 is 1.29 bits per heavy atom. The second-order valence-electron chi connectivity index (χ2n) is 9.75. The van der Waals surface area contributed by atoms with Crippen LogP contribution in [-0.4, -0.2) is 38.8 Å². The van der Waals surface area contributed by atoms with Crippen molar-refractivity contribution in [3.05, 3.63) is 58.7 Å². The van der Waals surface area contributed by atoms with Crippen molar-refractivity contribution in [1.29, 1.82) is 0 Å². The van der Waals surface area contributed by atoms with E-state index in [1.54, 1.807) is 32.7 Å². The largest absolute Gasteiger partial charge is 0.443 e. The molecule has 2 aliphatic rings. The number of primary amides is 1. The molecule has 35 heavy (non-hydrogen) atoms. The van der Waals surface area contributed by atoms with Crippen LogP contribution >= 0.6 is 11.9 Å². The molecule has 1 heterocycles. The Hall–Kier alpha value is -2.59. The number of urea groups is 1. The van der Waals surface area contributed by atoms with Crippen molar-refractivity contribution in [2.75, 3.05) is 6.54 Å². The van der Waals surface area contributed by atoms with Crippen molar-refractivity contribution >= 4 is 24.1 Å². The summed E-state index contributed by atoms with van der Waals surface area (Å²) in [6.45, 7) is 7.45. The number of hydrazine groups is 1. The Labute approximate surface area is 209 Å². The lowest BCUT2D eigenvalue weighted by atomic mass is 10.0. The second-order valence-corrected chi connectivity index (χ2v) is 11.0. The molecule has 1 fully saturated rings. The molecule has 2 atom stereocenters. The van der Waals surface area contributed by atoms with Gasteiger partial charge in [-0.15, -0.1) is 0 Å². The van der Waals surface area contributed by atoms with Crippen LogP contribution in [0.25, 0.3) is 0 Å². The van der Waals surface area contributed by atoms with Gasteiger partial charge in [0.05, 0.1) is 6.04 Å². The Morgan fingerprint density at radius 2 is 2.03 bits per heavy atom. The average Bonchev–Trinajstić information content (AvgIpc) is 2.78. The lowest BCUT2D eigenvalue weighted by Gasteiger charge is -2.33. The van der Waals surface area contributed by atoms with Gasteiger partial charge in [-0.05, 0) is 71.1 Å². The van der Waals surface area contributed by atoms with Crippen LogP contribution in [0.5, 0.6) is 0 Å². The van der Waals surface area contributed by atoms with E-state index in [9.17, 15) is 9.59 Å². The van der Waals surface area contributed by atoms with E-state index in [0.717, 1.165) is 49.4 Å². The zero-order valence-corrected chi connectivity index (χ0v) is 21.5. The third-order valence-electron chi connectivity index (χ3n) is 5.74. The minimum absolute atomic E-state index is 0.109. The SMILES string of the molecule is CC(c1cc(F)c(CN2CCCC(C3=CCCC=C3)S2)cc1F)N(NC(=O)OC(C)(C)C)C(N)=O. The summed E-state index contributed by atoms with van der Waals surface area (Å²) < 4.78 is 37.4. The highest BCUT2D eigenvalue weighted by atomic mass is 32.2. The number of carbonyl (C=O) groups excluding carboxylic acids is 2. The quantitative estimate of drug-likeness (QED) is 0.391. The molecule has 3 amide bonds. The monoisotopic (exact) mass is 508 g/mol. The van der Waals surface area contributed by atoms with Crippen molar-refractivity contribution in [1.82, 2.24) is 14.7 Å². The van der Waals surface area contributed by atoms with Gasteiger partial charge in [-0.25, -0.2) is 33.1 Å². The van der Waals surface area contributed by atoms with Crippen LogP contribution in [-0.2, 0) is 11.3 Å². The third kappa shape index (κ3) is 7.44. The van der Waals surface area contributed by atoms with E-state index >= 15 is 8.78 Å². The molecule has 1 aliphatic heterocycles. The number of nitrogens with one attached hydrogen (secondary N) is 1. The molecule has 3 rings (SSSR count). The minimum atomic E-state index is -1.07. The van der Waals surface area contributed by atoms with Gasteiger partial charge in [-0.2, -0.15) is 0 Å². The highest BCUT2D eigenvalue weighted by Crippen LogP contribution is 2.36. The first kappa shape index (κ1) is 27.0. The van der Waals surface area contributed by atoms with Gasteiger partial charge < -0.3 is 10.5 Å². The molecule has 7 nitrogen and oxygen atoms in total. The van der Waals surface area contributed by atoms with Gasteiger partial charge in [0.25, 0.3) is 0 Å². The third-order valence-corrected chi connectivity index (χ3v) is 7.12. The van der Waals surface area contributed by atoms with Gasteiger partial charge in [0.2, 0.25) is 0 Å². The Kier molecular flexibility index (Phi) is 8.82. The fourth-order valence-corrected chi connectivity index (χ4v) is 5.45. The van der Waals surface area contributed by atoms with Crippen LogP contribution in [0.3, 0.4) is 0 Å². The van der Waals surface area contributed by atoms with E-state index in [2.05, 4.69) is 28.0 Å². The van der Waals surface area contributed by atoms with E-state index < -0.39 is 35.4 Å². The minimum Gasteiger partial charge on any atom is -0.443 e. The Bertz CT molecular complexity index is 1010. The molecule has 0 saturated carbocycles. The highest BCUT2D eigenvalue weighted by Gasteiger charge is 2.29. The highest BCUT2D eigenvalue weighted by molar-refractivity contribution is 7.97. The van der Waals surface area contributed by atoms with Crippen LogP contribution < -0.4 is 11.2 Å². The van der Waals surface area contributed by atoms with Crippen LogP contribution in [0.1, 0.15) is 70.5 Å². The van der Waals surface area contributed by atoms with E-state index in [-0.39, 0.29) is 17.7 Å². The fourth-order valence-electron chi connectivity index (χ4n) is 4.07. The zero-order valence-electron chi connectivity index (χ0n) is 20.6. The summed E-state index contributed by atoms with van der Waals surface area (Å²) in [5.41, 5.74) is 8.21. The molecule has 1 saturated heterocycles. The maximum Gasteiger partial charge on any atom is 0.426 e. The number of nitrogens with zero attached hydrogens (tertiary/aromatic N) is 2. The number of allylic oxidation sites excluding steroid dienone is 3. The van der Waals surface area contributed by atoms with E-state index in [4.69, 9.17) is 10.5 Å². The standard InChI is InChI=1S/C25H34F2N4O3S/c1-16(31(23(28)32)29-24(33)34-25(2,3)4)19-14-20(26)18(13-21(19)27)15-30-12-8-11-22(35-30)17-9-6-5-7-10-17/h6,9-10,13-14,16,22H,5,7-8,11-12,15H2,1-4H3,(H2,28,32)(H,29,33). The summed E-state index contributed by atoms with van der Waals surface area (Å²) >= 11 is 1.67. The van der Waals surface area contributed by atoms with Gasteiger partial charge in [-0.1, -0.05) is 30.2 Å². The van der Waals surface area contributed by atoms with Crippen molar-refractivity contribution in [3.8, 4) is 0 Å². The van der Waals surface area contributed by atoms with Crippen LogP contribution in [0, 0.1) is 11.6 Å². The Morgan fingerprint density at radius 3 is 2.66 bits per heavy atom. The van der Waals surface area contributed by atoms with Gasteiger partial charge in [0.15, 0.2) is 0 Å². The molecule has 2 unspecified atom stereocenters. The van der Waals surface area contributed by atoms with Crippen LogP contribution in [0.15, 0.2) is 35.9 Å². The van der Waals surface area contributed by atoms with Gasteiger partial charge >= 0.3 is 12.1 Å². The number of amides is 3. The van der Waals surface area contributed by atoms with Gasteiger partial charge in [0.1, 0.15) is 17.2 Å². The fraction of sp³-hybridized carbons (Fsp3) is 0.520. The smallest absolute Gasteiger partial charge is 0.426 e. The first-order chi connectivity index (χ1) is 16.4. The van der Waals surface area contributed by atoms with Gasteiger partial charge in [-0.3, -0.25) is 0 Å². The van der Waals surface area contributed by atoms with E-state index in [0.29, 0.717) is 5.25 Å². The lowest BCUT2D eigenvalue weighted by molar-refractivity contribution is 0.0336. The number of ether oxygens (including phenoxy) is 1. The van der Waals surface area contributed by atoms with Crippen molar-refractivity contribution in [3.63, 3.8) is 0 Å². The van der Waals surface area contributed by atoms with Crippen molar-refractivity contribution in [2.24, 2.45) is 5.73 Å². The summed E-state index contributed by atoms with van der Waals surface area (Å²) in [4.78, 5) is 24.1. The number of halogens is 2. The topological polar surface area (TPSA) is 87.9 Å². The van der Waals surface area contributed by atoms with E-state index in [1.165, 1.54) is 12.5 Å².